The summed E-state index contributed by atoms with van der Waals surface area (Å²) in [4.78, 5) is 31.7. The minimum atomic E-state index is -3.54. The van der Waals surface area contributed by atoms with E-state index < -0.39 is 21.3 Å². The smallest absolute Gasteiger partial charge is 0.267 e. The fourth-order valence-electron chi connectivity index (χ4n) is 3.21. The van der Waals surface area contributed by atoms with E-state index in [9.17, 15) is 18.0 Å². The molecule has 0 bridgehead atoms. The lowest BCUT2D eigenvalue weighted by molar-refractivity contribution is 0.101. The van der Waals surface area contributed by atoms with Gasteiger partial charge in [-0.25, -0.2) is 18.1 Å². The van der Waals surface area contributed by atoms with Gasteiger partial charge in [0.05, 0.1) is 20.9 Å². The summed E-state index contributed by atoms with van der Waals surface area (Å²) in [6, 6.07) is 13.3. The first-order valence-electron chi connectivity index (χ1n) is 9.04. The molecule has 10 heteroatoms. The third-order valence-corrected chi connectivity index (χ3v) is 7.14. The van der Waals surface area contributed by atoms with Crippen LogP contribution in [-0.2, 0) is 9.84 Å². The number of aromatic nitrogens is 2. The van der Waals surface area contributed by atoms with E-state index >= 15 is 0 Å². The predicted octanol–water partition coefficient (Wildman–Crippen LogP) is 3.87. The zero-order valence-electron chi connectivity index (χ0n) is 16.4. The summed E-state index contributed by atoms with van der Waals surface area (Å²) >= 11 is 7.49. The highest BCUT2D eigenvalue weighted by Crippen LogP contribution is 2.35. The maximum atomic E-state index is 13.2. The van der Waals surface area contributed by atoms with Gasteiger partial charge in [-0.3, -0.25) is 15.0 Å². The summed E-state index contributed by atoms with van der Waals surface area (Å²) in [6.07, 6.45) is 2.26. The number of benzene rings is 2. The molecule has 31 heavy (non-hydrogen) atoms. The van der Waals surface area contributed by atoms with Crippen LogP contribution in [0.1, 0.15) is 15.2 Å². The molecule has 2 aromatic heterocycles. The summed E-state index contributed by atoms with van der Waals surface area (Å²) in [6.45, 7) is 1.91. The molecule has 0 radical (unpaired) electrons. The minimum absolute atomic E-state index is 0.0530. The van der Waals surface area contributed by atoms with Crippen LogP contribution in [0.5, 0.6) is 0 Å². The van der Waals surface area contributed by atoms with Crippen LogP contribution < -0.4 is 11.0 Å². The van der Waals surface area contributed by atoms with E-state index in [0.29, 0.717) is 10.2 Å². The van der Waals surface area contributed by atoms with Gasteiger partial charge in [-0.2, -0.15) is 0 Å². The Bertz CT molecular complexity index is 1490. The average Bonchev–Trinajstić information content (AvgIpc) is 3.07. The number of carbonyl (C=O) groups excluding carboxylic acids is 1. The van der Waals surface area contributed by atoms with Gasteiger partial charge in [-0.1, -0.05) is 41.9 Å². The molecule has 2 heterocycles. The number of sulfone groups is 1. The summed E-state index contributed by atoms with van der Waals surface area (Å²) < 4.78 is 24.6. The number of fused-ring (bicyclic) bond motifs is 1. The Kier molecular flexibility index (Phi) is 5.42. The largest absolute Gasteiger partial charge is 0.281 e. The van der Waals surface area contributed by atoms with Crippen molar-refractivity contribution in [1.29, 1.82) is 0 Å². The highest BCUT2D eigenvalue weighted by atomic mass is 35.5. The highest BCUT2D eigenvalue weighted by molar-refractivity contribution is 7.90. The molecular formula is C21H16ClN3O4S2. The van der Waals surface area contributed by atoms with Crippen molar-refractivity contribution in [2.24, 2.45) is 0 Å². The fourth-order valence-corrected chi connectivity index (χ4v) is 5.07. The zero-order chi connectivity index (χ0) is 22.3. The van der Waals surface area contributed by atoms with Crippen molar-refractivity contribution in [3.05, 3.63) is 80.7 Å². The van der Waals surface area contributed by atoms with Gasteiger partial charge in [0, 0.05) is 16.7 Å². The lowest BCUT2D eigenvalue weighted by Gasteiger charge is -2.10. The lowest BCUT2D eigenvalue weighted by atomic mass is 10.0. The van der Waals surface area contributed by atoms with Crippen molar-refractivity contribution in [2.75, 3.05) is 11.7 Å². The van der Waals surface area contributed by atoms with Gasteiger partial charge in [0.1, 0.15) is 11.2 Å². The first kappa shape index (κ1) is 21.2. The fraction of sp³-hybridized carbons (Fsp3) is 0.0952. The van der Waals surface area contributed by atoms with Crippen LogP contribution in [0.25, 0.3) is 21.3 Å². The Morgan fingerprint density at radius 3 is 2.55 bits per heavy atom. The number of halogens is 1. The standard InChI is InChI=1S/C21H16ClN3O4S2/c1-12-17(13-6-4-3-5-7-13)18-20(30-12)23-11-25(21(18)27)24-19(26)15-10-14(31(2,28)29)8-9-16(15)22/h3-11H,1-2H3,(H,24,26). The number of nitrogens with one attached hydrogen (secondary N) is 1. The summed E-state index contributed by atoms with van der Waals surface area (Å²) in [5.41, 5.74) is 3.57. The molecule has 0 aliphatic carbocycles. The van der Waals surface area contributed by atoms with E-state index in [1.807, 2.05) is 37.3 Å². The first-order chi connectivity index (χ1) is 14.7. The lowest BCUT2D eigenvalue weighted by Crippen LogP contribution is -2.33. The summed E-state index contributed by atoms with van der Waals surface area (Å²) in [5.74, 6) is -0.730. The molecule has 158 valence electrons. The Morgan fingerprint density at radius 1 is 1.16 bits per heavy atom. The van der Waals surface area contributed by atoms with E-state index in [1.54, 1.807) is 0 Å². The number of aryl methyl sites for hydroxylation is 1. The second-order valence-electron chi connectivity index (χ2n) is 6.85. The molecule has 0 saturated heterocycles. The Hall–Kier alpha value is -3.01. The number of carbonyl (C=O) groups is 1. The molecule has 4 rings (SSSR count). The van der Waals surface area contributed by atoms with Crippen LogP contribution in [0.2, 0.25) is 5.02 Å². The normalized spacial score (nSPS) is 11.6. The van der Waals surface area contributed by atoms with Crippen LogP contribution in [0, 0.1) is 6.92 Å². The highest BCUT2D eigenvalue weighted by Gasteiger charge is 2.19. The molecule has 0 aliphatic rings. The number of amides is 1. The van der Waals surface area contributed by atoms with Gasteiger partial charge < -0.3 is 0 Å². The van der Waals surface area contributed by atoms with Crippen molar-refractivity contribution in [3.63, 3.8) is 0 Å². The van der Waals surface area contributed by atoms with E-state index in [1.165, 1.54) is 35.9 Å². The van der Waals surface area contributed by atoms with Crippen LogP contribution in [0.4, 0.5) is 0 Å². The maximum absolute atomic E-state index is 13.2. The topological polar surface area (TPSA) is 98.1 Å². The Balaban J connectivity index is 1.79. The molecule has 7 nitrogen and oxygen atoms in total. The van der Waals surface area contributed by atoms with E-state index in [0.717, 1.165) is 26.9 Å². The first-order valence-corrected chi connectivity index (χ1v) is 12.1. The zero-order valence-corrected chi connectivity index (χ0v) is 18.8. The third kappa shape index (κ3) is 3.99. The van der Waals surface area contributed by atoms with E-state index in [2.05, 4.69) is 10.4 Å². The van der Waals surface area contributed by atoms with Crippen molar-refractivity contribution >= 4 is 48.9 Å². The predicted molar refractivity (Wildman–Crippen MR) is 122 cm³/mol. The van der Waals surface area contributed by atoms with E-state index in [-0.39, 0.29) is 15.5 Å². The van der Waals surface area contributed by atoms with Gasteiger partial charge in [0.15, 0.2) is 9.84 Å². The van der Waals surface area contributed by atoms with Crippen LogP contribution in [0.15, 0.2) is 64.5 Å². The molecule has 0 atom stereocenters. The minimum Gasteiger partial charge on any atom is -0.267 e. The van der Waals surface area contributed by atoms with Gasteiger partial charge in [-0.05, 0) is 30.7 Å². The summed E-state index contributed by atoms with van der Waals surface area (Å²) in [7, 11) is -3.54. The monoisotopic (exact) mass is 473 g/mol. The Labute approximate surface area is 186 Å². The maximum Gasteiger partial charge on any atom is 0.281 e. The third-order valence-electron chi connectivity index (χ3n) is 4.68. The molecule has 1 N–H and O–H groups in total. The molecule has 0 aliphatic heterocycles. The van der Waals surface area contributed by atoms with Gasteiger partial charge in [0.2, 0.25) is 0 Å². The molecule has 2 aromatic carbocycles. The van der Waals surface area contributed by atoms with Crippen molar-refractivity contribution in [2.45, 2.75) is 11.8 Å². The molecular weight excluding hydrogens is 458 g/mol. The van der Waals surface area contributed by atoms with Gasteiger partial charge >= 0.3 is 0 Å². The molecule has 1 amide bonds. The number of thiophene rings is 1. The number of rotatable bonds is 4. The van der Waals surface area contributed by atoms with Crippen molar-refractivity contribution in [3.8, 4) is 11.1 Å². The SMILES string of the molecule is Cc1sc2ncn(NC(=O)c3cc(S(C)(=O)=O)ccc3Cl)c(=O)c2c1-c1ccccc1. The molecule has 0 saturated carbocycles. The molecule has 0 spiro atoms. The van der Waals surface area contributed by atoms with Crippen LogP contribution in [-0.4, -0.2) is 30.2 Å². The van der Waals surface area contributed by atoms with Gasteiger partial charge in [-0.15, -0.1) is 11.3 Å². The van der Waals surface area contributed by atoms with Crippen molar-refractivity contribution in [1.82, 2.24) is 9.66 Å². The van der Waals surface area contributed by atoms with Crippen LogP contribution >= 0.6 is 22.9 Å². The quantitative estimate of drug-likeness (QED) is 0.485. The van der Waals surface area contributed by atoms with Gasteiger partial charge in [0.25, 0.3) is 11.5 Å². The average molecular weight is 474 g/mol. The molecule has 0 fully saturated rings. The van der Waals surface area contributed by atoms with Crippen molar-refractivity contribution < 1.29 is 13.2 Å². The number of hydrogen-bond acceptors (Lipinski definition) is 6. The number of nitrogens with zero attached hydrogens (tertiary/aromatic N) is 2. The second kappa shape index (κ2) is 7.92. The van der Waals surface area contributed by atoms with Crippen LogP contribution in [0.3, 0.4) is 0 Å². The Morgan fingerprint density at radius 2 is 1.87 bits per heavy atom. The number of hydrogen-bond donors (Lipinski definition) is 1. The summed E-state index contributed by atoms with van der Waals surface area (Å²) in [5, 5.41) is 0.454. The van der Waals surface area contributed by atoms with E-state index in [4.69, 9.17) is 11.6 Å². The molecule has 0 unspecified atom stereocenters. The second-order valence-corrected chi connectivity index (χ2v) is 10.5. The molecule has 4 aromatic rings.